The Balaban J connectivity index is 1.46. The summed E-state index contributed by atoms with van der Waals surface area (Å²) in [4.78, 5) is 11.9. The van der Waals surface area contributed by atoms with E-state index in [-0.39, 0.29) is 29.6 Å². The lowest BCUT2D eigenvalue weighted by Gasteiger charge is -2.14. The number of sulfonamides is 1. The molecular weight excluding hydrogens is 356 g/mol. The van der Waals surface area contributed by atoms with Gasteiger partial charge < -0.3 is 14.8 Å². The van der Waals surface area contributed by atoms with Crippen molar-refractivity contribution in [1.82, 2.24) is 10.0 Å². The van der Waals surface area contributed by atoms with Gasteiger partial charge in [0.2, 0.25) is 15.9 Å². The molecule has 0 radical (unpaired) electrons. The van der Waals surface area contributed by atoms with Gasteiger partial charge in [-0.25, -0.2) is 13.1 Å². The van der Waals surface area contributed by atoms with Crippen molar-refractivity contribution in [2.24, 2.45) is 0 Å². The molecule has 26 heavy (non-hydrogen) atoms. The lowest BCUT2D eigenvalue weighted by Crippen LogP contribution is -2.39. The minimum atomic E-state index is -3.73. The van der Waals surface area contributed by atoms with E-state index in [1.165, 1.54) is 25.0 Å². The molecule has 1 amide bonds. The fourth-order valence-corrected chi connectivity index (χ4v) is 4.22. The predicted molar refractivity (Wildman–Crippen MR) is 96.5 cm³/mol. The summed E-state index contributed by atoms with van der Waals surface area (Å²) < 4.78 is 38.2. The van der Waals surface area contributed by atoms with Crippen LogP contribution >= 0.6 is 0 Å². The normalized spacial score (nSPS) is 21.0. The first-order valence-electron chi connectivity index (χ1n) is 9.17. The van der Waals surface area contributed by atoms with E-state index in [9.17, 15) is 13.2 Å². The van der Waals surface area contributed by atoms with Crippen molar-refractivity contribution in [1.29, 1.82) is 0 Å². The van der Waals surface area contributed by atoms with Gasteiger partial charge in [0.05, 0.1) is 23.6 Å². The van der Waals surface area contributed by atoms with Crippen LogP contribution in [0.3, 0.4) is 0 Å². The van der Waals surface area contributed by atoms with Crippen LogP contribution < -0.4 is 14.8 Å². The maximum Gasteiger partial charge on any atom is 0.241 e. The number of carbonyl (C=O) groups excluding carboxylic acids is 1. The van der Waals surface area contributed by atoms with E-state index in [4.69, 9.17) is 9.47 Å². The third kappa shape index (κ3) is 5.43. The van der Waals surface area contributed by atoms with E-state index in [2.05, 4.69) is 10.0 Å². The van der Waals surface area contributed by atoms with Crippen LogP contribution in [0.1, 0.15) is 38.5 Å². The molecule has 7 nitrogen and oxygen atoms in total. The summed E-state index contributed by atoms with van der Waals surface area (Å²) in [6.07, 6.45) is 6.61. The minimum Gasteiger partial charge on any atom is -0.490 e. The highest BCUT2D eigenvalue weighted by molar-refractivity contribution is 7.89. The van der Waals surface area contributed by atoms with E-state index >= 15 is 0 Å². The van der Waals surface area contributed by atoms with E-state index in [1.807, 2.05) is 0 Å². The van der Waals surface area contributed by atoms with E-state index in [0.29, 0.717) is 18.9 Å². The first-order chi connectivity index (χ1) is 12.5. The van der Waals surface area contributed by atoms with Crippen molar-refractivity contribution in [2.75, 3.05) is 19.7 Å². The summed E-state index contributed by atoms with van der Waals surface area (Å²) in [6.45, 7) is 0.830. The Morgan fingerprint density at radius 2 is 1.85 bits per heavy atom. The average molecular weight is 382 g/mol. The summed E-state index contributed by atoms with van der Waals surface area (Å²) in [7, 11) is -3.73. The summed E-state index contributed by atoms with van der Waals surface area (Å²) >= 11 is 0. The predicted octanol–water partition coefficient (Wildman–Crippen LogP) is 1.58. The van der Waals surface area contributed by atoms with Gasteiger partial charge in [-0.1, -0.05) is 0 Å². The van der Waals surface area contributed by atoms with E-state index in [0.717, 1.165) is 25.7 Å². The number of carbonyl (C=O) groups is 1. The molecule has 0 bridgehead atoms. The zero-order chi connectivity index (χ0) is 18.4. The molecule has 1 unspecified atom stereocenters. The fourth-order valence-electron chi connectivity index (χ4n) is 3.24. The maximum atomic E-state index is 12.3. The van der Waals surface area contributed by atoms with Crippen LogP contribution in [0.4, 0.5) is 0 Å². The van der Waals surface area contributed by atoms with Crippen molar-refractivity contribution in [3.8, 4) is 5.75 Å². The van der Waals surface area contributed by atoms with Gasteiger partial charge in [0.25, 0.3) is 0 Å². The Morgan fingerprint density at radius 1 is 1.12 bits per heavy atom. The van der Waals surface area contributed by atoms with Gasteiger partial charge in [-0.05, 0) is 62.8 Å². The monoisotopic (exact) mass is 382 g/mol. The summed E-state index contributed by atoms with van der Waals surface area (Å²) in [5.41, 5.74) is 0. The summed E-state index contributed by atoms with van der Waals surface area (Å²) in [5.74, 6) is 0.301. The maximum absolute atomic E-state index is 12.3. The Bertz CT molecular complexity index is 693. The second-order valence-corrected chi connectivity index (χ2v) is 8.53. The second-order valence-electron chi connectivity index (χ2n) is 6.76. The Hall–Kier alpha value is -1.64. The van der Waals surface area contributed by atoms with Crippen LogP contribution in [0.15, 0.2) is 29.2 Å². The Morgan fingerprint density at radius 3 is 2.50 bits per heavy atom. The SMILES string of the molecule is O=C(CNS(=O)(=O)c1ccc(OC2CCCC2)cc1)NCC1CCCO1. The largest absolute Gasteiger partial charge is 0.490 e. The molecule has 2 N–H and O–H groups in total. The number of hydrogen-bond acceptors (Lipinski definition) is 5. The molecule has 2 aliphatic rings. The zero-order valence-electron chi connectivity index (χ0n) is 14.8. The summed E-state index contributed by atoms with van der Waals surface area (Å²) in [5, 5.41) is 2.69. The van der Waals surface area contributed by atoms with Crippen molar-refractivity contribution in [3.63, 3.8) is 0 Å². The van der Waals surface area contributed by atoms with Crippen molar-refractivity contribution >= 4 is 15.9 Å². The average Bonchev–Trinajstić information content (AvgIpc) is 3.32. The van der Waals surface area contributed by atoms with E-state index in [1.54, 1.807) is 12.1 Å². The molecular formula is C18H26N2O5S. The molecule has 1 atom stereocenters. The number of rotatable bonds is 8. The third-order valence-corrected chi connectivity index (χ3v) is 6.13. The molecule has 3 rings (SSSR count). The third-order valence-electron chi connectivity index (χ3n) is 4.71. The first-order valence-corrected chi connectivity index (χ1v) is 10.7. The van der Waals surface area contributed by atoms with Crippen LogP contribution in [-0.2, 0) is 19.6 Å². The van der Waals surface area contributed by atoms with Crippen LogP contribution in [-0.4, -0.2) is 46.2 Å². The van der Waals surface area contributed by atoms with Gasteiger partial charge in [0.15, 0.2) is 0 Å². The highest BCUT2D eigenvalue weighted by Gasteiger charge is 2.19. The van der Waals surface area contributed by atoms with Crippen molar-refractivity contribution < 1.29 is 22.7 Å². The molecule has 1 aliphatic heterocycles. The van der Waals surface area contributed by atoms with Gasteiger partial charge in [0, 0.05) is 13.2 Å². The smallest absolute Gasteiger partial charge is 0.241 e. The minimum absolute atomic E-state index is 0.0305. The van der Waals surface area contributed by atoms with Crippen molar-refractivity contribution in [3.05, 3.63) is 24.3 Å². The summed E-state index contributed by atoms with van der Waals surface area (Å²) in [6, 6.07) is 6.31. The molecule has 144 valence electrons. The Labute approximate surface area is 154 Å². The topological polar surface area (TPSA) is 93.7 Å². The van der Waals surface area contributed by atoms with Gasteiger partial charge in [0.1, 0.15) is 5.75 Å². The van der Waals surface area contributed by atoms with Crippen LogP contribution in [0.2, 0.25) is 0 Å². The lowest BCUT2D eigenvalue weighted by molar-refractivity contribution is -0.120. The highest BCUT2D eigenvalue weighted by atomic mass is 32.2. The molecule has 1 heterocycles. The number of hydrogen-bond donors (Lipinski definition) is 2. The van der Waals surface area contributed by atoms with Crippen LogP contribution in [0, 0.1) is 0 Å². The quantitative estimate of drug-likeness (QED) is 0.712. The van der Waals surface area contributed by atoms with Gasteiger partial charge >= 0.3 is 0 Å². The molecule has 0 spiro atoms. The number of nitrogens with one attached hydrogen (secondary N) is 2. The zero-order valence-corrected chi connectivity index (χ0v) is 15.6. The standard InChI is InChI=1S/C18H26N2O5S/c21-18(19-12-16-6-3-11-24-16)13-20-26(22,23)17-9-7-15(8-10-17)25-14-4-1-2-5-14/h7-10,14,16,20H,1-6,11-13H2,(H,19,21). The molecule has 2 fully saturated rings. The second kappa shape index (κ2) is 8.83. The van der Waals surface area contributed by atoms with Gasteiger partial charge in [-0.15, -0.1) is 0 Å². The Kier molecular flexibility index (Phi) is 6.50. The fraction of sp³-hybridized carbons (Fsp3) is 0.611. The van der Waals surface area contributed by atoms with E-state index < -0.39 is 10.0 Å². The van der Waals surface area contributed by atoms with Gasteiger partial charge in [-0.2, -0.15) is 0 Å². The highest BCUT2D eigenvalue weighted by Crippen LogP contribution is 2.24. The molecule has 1 aromatic carbocycles. The first kappa shape index (κ1) is 19.1. The molecule has 1 aliphatic carbocycles. The molecule has 1 aromatic rings. The molecule has 1 saturated heterocycles. The van der Waals surface area contributed by atoms with Gasteiger partial charge in [-0.3, -0.25) is 4.79 Å². The number of amides is 1. The molecule has 1 saturated carbocycles. The molecule has 0 aromatic heterocycles. The van der Waals surface area contributed by atoms with Crippen molar-refractivity contribution in [2.45, 2.75) is 55.6 Å². The number of ether oxygens (including phenoxy) is 2. The lowest BCUT2D eigenvalue weighted by atomic mass is 10.2. The van der Waals surface area contributed by atoms with Crippen LogP contribution in [0.5, 0.6) is 5.75 Å². The number of benzene rings is 1. The molecule has 8 heteroatoms. The van der Waals surface area contributed by atoms with Crippen LogP contribution in [0.25, 0.3) is 0 Å².